The fraction of sp³-hybridized carbons (Fsp3) is 0.429. The van der Waals surface area contributed by atoms with Crippen LogP contribution in [-0.2, 0) is 0 Å². The SMILES string of the molecule is C=C/C=c1/nc(C)n(-c2ccc(OCCCN(CC)C(C)(C)CCC)cc2)c(=O)/c1=C/C=C. The van der Waals surface area contributed by atoms with Gasteiger partial charge in [0, 0.05) is 12.1 Å². The standard InChI is InChI=1S/C28H39N3O2/c1-8-13-25-26(14-9-2)29-22(5)31(27(25)32)23-15-17-24(18-16-23)33-21-12-20-30(11-4)28(6,7)19-10-3/h8-9,13-18H,1-2,10-12,19-21H2,3-7H3/b25-13+,26-14+. The van der Waals surface area contributed by atoms with Crippen molar-refractivity contribution in [2.45, 2.75) is 59.4 Å². The minimum absolute atomic E-state index is 0.140. The molecule has 0 fully saturated rings. The lowest BCUT2D eigenvalue weighted by molar-refractivity contribution is 0.108. The maximum atomic E-state index is 13.1. The number of aryl methyl sites for hydroxylation is 1. The first-order valence-electron chi connectivity index (χ1n) is 11.8. The Hall–Kier alpha value is -2.92. The van der Waals surface area contributed by atoms with Gasteiger partial charge < -0.3 is 4.74 Å². The van der Waals surface area contributed by atoms with Crippen LogP contribution in [0.15, 0.2) is 54.4 Å². The highest BCUT2D eigenvalue weighted by Gasteiger charge is 2.23. The van der Waals surface area contributed by atoms with Gasteiger partial charge in [0.05, 0.1) is 22.9 Å². The third kappa shape index (κ3) is 6.78. The van der Waals surface area contributed by atoms with Gasteiger partial charge in [-0.1, -0.05) is 45.6 Å². The molecule has 0 spiro atoms. The summed E-state index contributed by atoms with van der Waals surface area (Å²) < 4.78 is 7.58. The number of hydrogen-bond donors (Lipinski definition) is 0. The van der Waals surface area contributed by atoms with Gasteiger partial charge in [0.25, 0.3) is 5.56 Å². The molecule has 2 rings (SSSR count). The monoisotopic (exact) mass is 449 g/mol. The van der Waals surface area contributed by atoms with Gasteiger partial charge in [-0.25, -0.2) is 4.98 Å². The lowest BCUT2D eigenvalue weighted by Crippen LogP contribution is -2.47. The Morgan fingerprint density at radius 3 is 2.36 bits per heavy atom. The zero-order chi connectivity index (χ0) is 24.4. The first-order chi connectivity index (χ1) is 15.8. The Morgan fingerprint density at radius 2 is 1.79 bits per heavy atom. The van der Waals surface area contributed by atoms with E-state index in [1.165, 1.54) is 12.8 Å². The summed E-state index contributed by atoms with van der Waals surface area (Å²) in [7, 11) is 0. The molecule has 33 heavy (non-hydrogen) atoms. The summed E-state index contributed by atoms with van der Waals surface area (Å²) in [6, 6.07) is 7.59. The Kier molecular flexibility index (Phi) is 9.86. The van der Waals surface area contributed by atoms with E-state index in [4.69, 9.17) is 4.74 Å². The van der Waals surface area contributed by atoms with Gasteiger partial charge in [0.2, 0.25) is 0 Å². The van der Waals surface area contributed by atoms with Crippen LogP contribution < -0.4 is 20.9 Å². The minimum Gasteiger partial charge on any atom is -0.494 e. The average molecular weight is 450 g/mol. The molecule has 0 N–H and O–H groups in total. The van der Waals surface area contributed by atoms with Crippen molar-refractivity contribution in [2.24, 2.45) is 0 Å². The summed E-state index contributed by atoms with van der Waals surface area (Å²) in [5.74, 6) is 1.40. The van der Waals surface area contributed by atoms with Gasteiger partial charge in [-0.15, -0.1) is 0 Å². The first kappa shape index (κ1) is 26.3. The van der Waals surface area contributed by atoms with Crippen molar-refractivity contribution in [2.75, 3.05) is 19.7 Å². The van der Waals surface area contributed by atoms with Gasteiger partial charge in [-0.05, 0) is 76.6 Å². The second-order valence-electron chi connectivity index (χ2n) is 8.74. The predicted octanol–water partition coefficient (Wildman–Crippen LogP) is 4.14. The van der Waals surface area contributed by atoms with Crippen molar-refractivity contribution in [1.82, 2.24) is 14.5 Å². The molecular formula is C28H39N3O2. The van der Waals surface area contributed by atoms with Gasteiger partial charge in [-0.2, -0.15) is 0 Å². The van der Waals surface area contributed by atoms with Gasteiger partial charge in [0.15, 0.2) is 0 Å². The molecule has 0 aliphatic heterocycles. The van der Waals surface area contributed by atoms with Crippen molar-refractivity contribution in [3.63, 3.8) is 0 Å². The van der Waals surface area contributed by atoms with Crippen LogP contribution in [-0.4, -0.2) is 39.7 Å². The summed E-state index contributed by atoms with van der Waals surface area (Å²) in [5, 5.41) is 1.08. The van der Waals surface area contributed by atoms with Crippen LogP contribution in [0.25, 0.3) is 17.8 Å². The maximum Gasteiger partial charge on any atom is 0.265 e. The third-order valence-electron chi connectivity index (χ3n) is 5.91. The topological polar surface area (TPSA) is 47.4 Å². The maximum absolute atomic E-state index is 13.1. The number of rotatable bonds is 12. The van der Waals surface area contributed by atoms with E-state index in [-0.39, 0.29) is 11.1 Å². The molecule has 0 bridgehead atoms. The van der Waals surface area contributed by atoms with E-state index < -0.39 is 0 Å². The van der Waals surface area contributed by atoms with E-state index >= 15 is 0 Å². The fourth-order valence-electron chi connectivity index (χ4n) is 4.27. The Morgan fingerprint density at radius 1 is 1.12 bits per heavy atom. The molecule has 0 atom stereocenters. The lowest BCUT2D eigenvalue weighted by Gasteiger charge is -2.38. The molecule has 0 saturated carbocycles. The van der Waals surface area contributed by atoms with Crippen LogP contribution in [0.3, 0.4) is 0 Å². The Bertz CT molecular complexity index is 1110. The summed E-state index contributed by atoms with van der Waals surface area (Å²) in [6.07, 6.45) is 9.98. The number of nitrogens with zero attached hydrogens (tertiary/aromatic N) is 3. The summed E-state index contributed by atoms with van der Waals surface area (Å²) in [5.41, 5.74) is 0.823. The van der Waals surface area contributed by atoms with Gasteiger partial charge in [0.1, 0.15) is 11.6 Å². The van der Waals surface area contributed by atoms with Crippen molar-refractivity contribution < 1.29 is 4.74 Å². The molecular weight excluding hydrogens is 410 g/mol. The van der Waals surface area contributed by atoms with E-state index in [0.717, 1.165) is 30.9 Å². The molecule has 0 saturated heterocycles. The van der Waals surface area contributed by atoms with Crippen LogP contribution in [0.2, 0.25) is 0 Å². The van der Waals surface area contributed by atoms with Crippen LogP contribution in [0.1, 0.15) is 52.8 Å². The number of aromatic nitrogens is 2. The number of allylic oxidation sites excluding steroid dienone is 2. The molecule has 2 aromatic rings. The Balaban J connectivity index is 2.14. The van der Waals surface area contributed by atoms with E-state index in [9.17, 15) is 4.79 Å². The summed E-state index contributed by atoms with van der Waals surface area (Å²) in [4.78, 5) is 20.2. The van der Waals surface area contributed by atoms with Crippen LogP contribution in [0, 0.1) is 6.92 Å². The van der Waals surface area contributed by atoms with Gasteiger partial charge in [-0.3, -0.25) is 14.3 Å². The molecule has 5 heteroatoms. The number of benzene rings is 1. The van der Waals surface area contributed by atoms with Crippen molar-refractivity contribution in [3.8, 4) is 11.4 Å². The zero-order valence-electron chi connectivity index (χ0n) is 20.9. The van der Waals surface area contributed by atoms with Gasteiger partial charge >= 0.3 is 0 Å². The average Bonchev–Trinajstić information content (AvgIpc) is 2.77. The fourth-order valence-corrected chi connectivity index (χ4v) is 4.27. The van der Waals surface area contributed by atoms with E-state index in [1.54, 1.807) is 28.9 Å². The van der Waals surface area contributed by atoms with Crippen molar-refractivity contribution in [1.29, 1.82) is 0 Å². The summed E-state index contributed by atoms with van der Waals surface area (Å²) >= 11 is 0. The highest BCUT2D eigenvalue weighted by atomic mass is 16.5. The molecule has 1 aromatic carbocycles. The van der Waals surface area contributed by atoms with Crippen LogP contribution in [0.4, 0.5) is 0 Å². The molecule has 0 amide bonds. The molecule has 1 aromatic heterocycles. The number of hydrogen-bond acceptors (Lipinski definition) is 4. The van der Waals surface area contributed by atoms with Crippen molar-refractivity contribution >= 4 is 12.2 Å². The molecule has 178 valence electrons. The minimum atomic E-state index is -0.140. The molecule has 0 radical (unpaired) electrons. The van der Waals surface area contributed by atoms with Crippen LogP contribution in [0.5, 0.6) is 5.75 Å². The van der Waals surface area contributed by atoms with E-state index in [1.807, 2.05) is 31.2 Å². The van der Waals surface area contributed by atoms with E-state index in [2.05, 4.69) is 50.7 Å². The normalized spacial score (nSPS) is 12.9. The largest absolute Gasteiger partial charge is 0.494 e. The zero-order valence-corrected chi connectivity index (χ0v) is 20.9. The lowest BCUT2D eigenvalue weighted by atomic mass is 9.96. The quantitative estimate of drug-likeness (QED) is 0.457. The molecule has 5 nitrogen and oxygen atoms in total. The highest BCUT2D eigenvalue weighted by molar-refractivity contribution is 5.43. The second-order valence-corrected chi connectivity index (χ2v) is 8.74. The second kappa shape index (κ2) is 12.4. The van der Waals surface area contributed by atoms with Crippen LogP contribution >= 0.6 is 0 Å². The molecule has 1 heterocycles. The predicted molar refractivity (Wildman–Crippen MR) is 139 cm³/mol. The van der Waals surface area contributed by atoms with E-state index in [0.29, 0.717) is 23.0 Å². The number of ether oxygens (including phenoxy) is 1. The Labute approximate surface area is 198 Å². The summed E-state index contributed by atoms with van der Waals surface area (Å²) in [6.45, 7) is 21.1. The third-order valence-corrected chi connectivity index (χ3v) is 5.91. The highest BCUT2D eigenvalue weighted by Crippen LogP contribution is 2.21. The molecule has 0 unspecified atom stereocenters. The molecule has 0 aliphatic carbocycles. The van der Waals surface area contributed by atoms with Crippen molar-refractivity contribution in [3.05, 3.63) is 76.3 Å². The first-order valence-corrected chi connectivity index (χ1v) is 11.8. The smallest absolute Gasteiger partial charge is 0.265 e. The molecule has 0 aliphatic rings.